The number of aliphatic hydroxyl groups excluding tert-OH is 1. The highest BCUT2D eigenvalue weighted by Gasteiger charge is 2.35. The van der Waals surface area contributed by atoms with Gasteiger partial charge in [-0.1, -0.05) is 18.2 Å². The number of β-amino-alcohol motifs (C(OH)–C–C–N with tert-alkyl or cyclic N) is 1. The summed E-state index contributed by atoms with van der Waals surface area (Å²) in [6, 6.07) is 21.0. The molecule has 298 valence electrons. The second-order valence-corrected chi connectivity index (χ2v) is 15.8. The van der Waals surface area contributed by atoms with E-state index in [0.717, 1.165) is 81.0 Å². The third-order valence-electron chi connectivity index (χ3n) is 12.1. The SMILES string of the molecule is COc1ccc2cc1Oc1ccc(cc1)CC1c3cc(c(OC)cc3CCN1C)Oc1c(OCC(O)CN3CCN(C)CC3)c(OC)cc3c1C(C2)N(C)CC3. The quantitative estimate of drug-likeness (QED) is 0.225. The molecule has 0 radical (unpaired) electrons. The minimum Gasteiger partial charge on any atom is -0.493 e. The maximum Gasteiger partial charge on any atom is 0.204 e. The van der Waals surface area contributed by atoms with Crippen molar-refractivity contribution in [2.75, 3.05) is 94.9 Å². The number of benzene rings is 4. The number of piperazine rings is 1. The summed E-state index contributed by atoms with van der Waals surface area (Å²) in [6.07, 6.45) is 2.50. The minimum absolute atomic E-state index is 0.0841. The number of likely N-dealkylation sites (N-methyl/N-ethyl adjacent to an activating group) is 3. The molecule has 4 aromatic rings. The fraction of sp³-hybridized carbons (Fsp3) is 0.467. The number of hydrogen-bond acceptors (Lipinski definition) is 11. The van der Waals surface area contributed by atoms with Crippen LogP contribution in [0.3, 0.4) is 0 Å². The van der Waals surface area contributed by atoms with E-state index in [-0.39, 0.29) is 18.7 Å². The number of aliphatic hydroxyl groups is 1. The summed E-state index contributed by atoms with van der Waals surface area (Å²) in [6.45, 7) is 6.19. The summed E-state index contributed by atoms with van der Waals surface area (Å²) in [5.74, 6) is 5.02. The molecule has 11 nitrogen and oxygen atoms in total. The Bertz CT molecular complexity index is 2020. The lowest BCUT2D eigenvalue weighted by Gasteiger charge is -2.38. The van der Waals surface area contributed by atoms with Crippen LogP contribution >= 0.6 is 0 Å². The van der Waals surface area contributed by atoms with Crippen molar-refractivity contribution in [2.24, 2.45) is 0 Å². The fourth-order valence-electron chi connectivity index (χ4n) is 8.78. The Morgan fingerprint density at radius 1 is 0.679 bits per heavy atom. The highest BCUT2D eigenvalue weighted by molar-refractivity contribution is 5.64. The molecule has 4 aromatic carbocycles. The van der Waals surface area contributed by atoms with Gasteiger partial charge in [-0.05, 0) is 117 Å². The number of ether oxygens (including phenoxy) is 6. The Kier molecular flexibility index (Phi) is 11.3. The molecule has 1 N–H and O–H groups in total. The molecule has 0 saturated carbocycles. The number of hydrogen-bond donors (Lipinski definition) is 1. The fourth-order valence-corrected chi connectivity index (χ4v) is 8.78. The smallest absolute Gasteiger partial charge is 0.204 e. The molecule has 56 heavy (non-hydrogen) atoms. The number of methoxy groups -OCH3 is 3. The van der Waals surface area contributed by atoms with Gasteiger partial charge in [-0.2, -0.15) is 0 Å². The molecule has 3 atom stereocenters. The van der Waals surface area contributed by atoms with E-state index in [0.29, 0.717) is 53.2 Å². The molecule has 11 heteroatoms. The third kappa shape index (κ3) is 7.88. The van der Waals surface area contributed by atoms with Crippen molar-refractivity contribution in [3.63, 3.8) is 0 Å². The third-order valence-corrected chi connectivity index (χ3v) is 12.1. The zero-order valence-electron chi connectivity index (χ0n) is 33.7. The van der Waals surface area contributed by atoms with Crippen LogP contribution < -0.4 is 28.4 Å². The topological polar surface area (TPSA) is 88.6 Å². The minimum atomic E-state index is -0.704. The normalized spacial score (nSPS) is 20.8. The second kappa shape index (κ2) is 16.5. The molecule has 5 aliphatic heterocycles. The van der Waals surface area contributed by atoms with E-state index in [9.17, 15) is 5.11 Å². The molecule has 1 fully saturated rings. The van der Waals surface area contributed by atoms with Crippen LogP contribution in [0.4, 0.5) is 0 Å². The molecule has 0 spiro atoms. The first-order valence-electron chi connectivity index (χ1n) is 19.9. The maximum absolute atomic E-state index is 11.4. The Morgan fingerprint density at radius 3 is 2.05 bits per heavy atom. The molecule has 9 rings (SSSR count). The van der Waals surface area contributed by atoms with Crippen molar-refractivity contribution < 1.29 is 33.5 Å². The molecule has 6 bridgehead atoms. The summed E-state index contributed by atoms with van der Waals surface area (Å²) in [5, 5.41) is 11.4. The first kappa shape index (κ1) is 38.4. The molecule has 0 aliphatic carbocycles. The van der Waals surface area contributed by atoms with Gasteiger partial charge in [0.2, 0.25) is 5.75 Å². The van der Waals surface area contributed by atoms with Crippen LogP contribution in [0, 0.1) is 0 Å². The van der Waals surface area contributed by atoms with Crippen LogP contribution in [-0.2, 0) is 25.7 Å². The van der Waals surface area contributed by atoms with Gasteiger partial charge in [0, 0.05) is 63.5 Å². The van der Waals surface area contributed by atoms with Crippen molar-refractivity contribution in [3.05, 3.63) is 94.0 Å². The van der Waals surface area contributed by atoms with Crippen LogP contribution in [0.2, 0.25) is 0 Å². The van der Waals surface area contributed by atoms with Crippen LogP contribution in [0.15, 0.2) is 60.7 Å². The predicted octanol–water partition coefficient (Wildman–Crippen LogP) is 6.14. The zero-order chi connectivity index (χ0) is 38.9. The summed E-state index contributed by atoms with van der Waals surface area (Å²) in [7, 11) is 11.5. The van der Waals surface area contributed by atoms with Crippen LogP contribution in [0.25, 0.3) is 0 Å². The highest BCUT2D eigenvalue weighted by atomic mass is 16.6. The first-order valence-corrected chi connectivity index (χ1v) is 19.9. The monoisotopic (exact) mass is 764 g/mol. The Morgan fingerprint density at radius 2 is 1.32 bits per heavy atom. The molecular formula is C45H56N4O7. The van der Waals surface area contributed by atoms with Gasteiger partial charge in [-0.25, -0.2) is 0 Å². The molecule has 5 heterocycles. The molecule has 0 amide bonds. The first-order chi connectivity index (χ1) is 27.2. The average Bonchev–Trinajstić information content (AvgIpc) is 3.20. The lowest BCUT2D eigenvalue weighted by atomic mass is 9.87. The largest absolute Gasteiger partial charge is 0.493 e. The summed E-state index contributed by atoms with van der Waals surface area (Å²) in [5.41, 5.74) is 6.94. The van der Waals surface area contributed by atoms with E-state index in [1.807, 2.05) is 18.2 Å². The van der Waals surface area contributed by atoms with E-state index in [4.69, 9.17) is 28.4 Å². The number of rotatable bonds is 8. The van der Waals surface area contributed by atoms with E-state index in [1.165, 1.54) is 16.7 Å². The van der Waals surface area contributed by atoms with Gasteiger partial charge in [0.1, 0.15) is 18.5 Å². The van der Waals surface area contributed by atoms with Crippen LogP contribution in [0.1, 0.15) is 45.5 Å². The van der Waals surface area contributed by atoms with E-state index in [2.05, 4.69) is 83.2 Å². The Labute approximate surface area is 331 Å². The van der Waals surface area contributed by atoms with Gasteiger partial charge in [-0.3, -0.25) is 14.7 Å². The van der Waals surface area contributed by atoms with Gasteiger partial charge in [0.15, 0.2) is 34.5 Å². The highest BCUT2D eigenvalue weighted by Crippen LogP contribution is 2.52. The van der Waals surface area contributed by atoms with E-state index in [1.54, 1.807) is 21.3 Å². The summed E-state index contributed by atoms with van der Waals surface area (Å²) < 4.78 is 38.4. The standard InChI is InChI=1S/C45H56N4O7/c1-46-17-19-49(20-18-46)27-33(50)28-54-44-42(53-6)25-32-14-16-48(3)37-22-30-9-12-38(51-4)40(23-30)55-34-10-7-29(8-11-34)21-36-35-26-41(56-45(44)43(32)37)39(52-5)24-31(35)13-15-47(36)2/h7-12,23-26,33,36-37,50H,13-22,27-28H2,1-6H3. The predicted molar refractivity (Wildman–Crippen MR) is 217 cm³/mol. The van der Waals surface area contributed by atoms with Gasteiger partial charge in [0.25, 0.3) is 0 Å². The molecule has 3 unspecified atom stereocenters. The van der Waals surface area contributed by atoms with Crippen molar-refractivity contribution in [1.82, 2.24) is 19.6 Å². The number of nitrogens with zero attached hydrogens (tertiary/aromatic N) is 4. The van der Waals surface area contributed by atoms with Gasteiger partial charge < -0.3 is 38.4 Å². The Hall–Kier alpha value is -4.52. The van der Waals surface area contributed by atoms with Gasteiger partial charge in [-0.15, -0.1) is 0 Å². The van der Waals surface area contributed by atoms with Crippen LogP contribution in [0.5, 0.6) is 46.0 Å². The molecule has 5 aliphatic rings. The van der Waals surface area contributed by atoms with Crippen molar-refractivity contribution in [2.45, 2.75) is 43.9 Å². The summed E-state index contributed by atoms with van der Waals surface area (Å²) in [4.78, 5) is 9.41. The van der Waals surface area contributed by atoms with E-state index < -0.39 is 6.10 Å². The van der Waals surface area contributed by atoms with Gasteiger partial charge in [0.05, 0.1) is 21.3 Å². The summed E-state index contributed by atoms with van der Waals surface area (Å²) >= 11 is 0. The lowest BCUT2D eigenvalue weighted by Crippen LogP contribution is -2.47. The number of fused-ring (bicyclic) bond motifs is 2. The van der Waals surface area contributed by atoms with Crippen molar-refractivity contribution >= 4 is 0 Å². The van der Waals surface area contributed by atoms with Crippen molar-refractivity contribution in [3.8, 4) is 46.0 Å². The molecule has 0 aromatic heterocycles. The molecule has 1 saturated heterocycles. The Balaban J connectivity index is 1.27. The second-order valence-electron chi connectivity index (χ2n) is 15.8. The maximum atomic E-state index is 11.4. The van der Waals surface area contributed by atoms with E-state index >= 15 is 0 Å². The zero-order valence-corrected chi connectivity index (χ0v) is 33.7. The average molecular weight is 765 g/mol. The molecular weight excluding hydrogens is 709 g/mol. The lowest BCUT2D eigenvalue weighted by molar-refractivity contribution is 0.0490. The van der Waals surface area contributed by atoms with Crippen molar-refractivity contribution in [1.29, 1.82) is 0 Å². The van der Waals surface area contributed by atoms with Gasteiger partial charge >= 0.3 is 0 Å². The van der Waals surface area contributed by atoms with Crippen LogP contribution in [-0.4, -0.2) is 126 Å².